The second-order valence-corrected chi connectivity index (χ2v) is 7.47. The van der Waals surface area contributed by atoms with Crippen molar-refractivity contribution in [3.63, 3.8) is 0 Å². The number of halogens is 6. The van der Waals surface area contributed by atoms with Crippen molar-refractivity contribution in [3.8, 4) is 5.75 Å². The number of ether oxygens (including phenoxy) is 1. The van der Waals surface area contributed by atoms with Crippen LogP contribution in [-0.4, -0.2) is 53.0 Å². The number of anilines is 1. The molecule has 1 aliphatic heterocycles. The molecule has 0 unspecified atom stereocenters. The standard InChI is InChI=1S/C20H19ClF5N3O3/c21-17-13(4-3-7-27-17)18(31)28-12-5-6-14(19(22,23)20(24,25)26)15(10-12)32-11-16(30)29-8-1-2-9-29/h3-7,10,16,30H,1-2,8-9,11H2,(H,28,31)/t16-/m1/s1. The molecule has 6 nitrogen and oxygen atoms in total. The van der Waals surface area contributed by atoms with Crippen LogP contribution in [0.3, 0.4) is 0 Å². The first-order chi connectivity index (χ1) is 15.0. The number of nitrogens with zero attached hydrogens (tertiary/aromatic N) is 2. The molecule has 12 heteroatoms. The van der Waals surface area contributed by atoms with Crippen LogP contribution in [0.5, 0.6) is 5.75 Å². The highest BCUT2D eigenvalue weighted by molar-refractivity contribution is 6.33. The van der Waals surface area contributed by atoms with Gasteiger partial charge in [0.2, 0.25) is 0 Å². The summed E-state index contributed by atoms with van der Waals surface area (Å²) in [5.41, 5.74) is -1.57. The van der Waals surface area contributed by atoms with E-state index in [9.17, 15) is 31.9 Å². The molecule has 1 aromatic carbocycles. The fraction of sp³-hybridized carbons (Fsp3) is 0.400. The lowest BCUT2D eigenvalue weighted by Gasteiger charge is -2.26. The number of aromatic nitrogens is 1. The monoisotopic (exact) mass is 479 g/mol. The molecule has 0 spiro atoms. The minimum absolute atomic E-state index is 0.0224. The van der Waals surface area contributed by atoms with Gasteiger partial charge in [-0.2, -0.15) is 22.0 Å². The van der Waals surface area contributed by atoms with Crippen molar-refractivity contribution in [1.29, 1.82) is 0 Å². The van der Waals surface area contributed by atoms with Crippen LogP contribution in [0.25, 0.3) is 0 Å². The first-order valence-electron chi connectivity index (χ1n) is 9.56. The molecule has 174 valence electrons. The maximum atomic E-state index is 14.1. The van der Waals surface area contributed by atoms with Crippen molar-refractivity contribution in [1.82, 2.24) is 9.88 Å². The Hall–Kier alpha value is -2.50. The molecule has 0 saturated carbocycles. The molecule has 3 rings (SSSR count). The Balaban J connectivity index is 1.87. The Morgan fingerprint density at radius 1 is 1.22 bits per heavy atom. The first kappa shape index (κ1) is 24.1. The quantitative estimate of drug-likeness (QED) is 0.454. The van der Waals surface area contributed by atoms with Crippen LogP contribution < -0.4 is 10.1 Å². The highest BCUT2D eigenvalue weighted by Gasteiger charge is 2.60. The first-order valence-corrected chi connectivity index (χ1v) is 9.94. The van der Waals surface area contributed by atoms with Crippen LogP contribution in [0.4, 0.5) is 27.6 Å². The minimum atomic E-state index is -5.87. The van der Waals surface area contributed by atoms with Crippen LogP contribution in [-0.2, 0) is 5.92 Å². The lowest BCUT2D eigenvalue weighted by molar-refractivity contribution is -0.289. The van der Waals surface area contributed by atoms with E-state index in [0.717, 1.165) is 25.0 Å². The van der Waals surface area contributed by atoms with E-state index in [1.54, 1.807) is 4.90 Å². The predicted octanol–water partition coefficient (Wildman–Crippen LogP) is 4.43. The van der Waals surface area contributed by atoms with Crippen LogP contribution in [0.2, 0.25) is 5.15 Å². The molecule has 1 atom stereocenters. The molecular formula is C20H19ClF5N3O3. The van der Waals surface area contributed by atoms with Crippen molar-refractivity contribution in [2.45, 2.75) is 31.2 Å². The highest BCUT2D eigenvalue weighted by atomic mass is 35.5. The van der Waals surface area contributed by atoms with Gasteiger partial charge >= 0.3 is 12.1 Å². The number of hydrogen-bond donors (Lipinski definition) is 2. The Morgan fingerprint density at radius 3 is 2.53 bits per heavy atom. The van der Waals surface area contributed by atoms with E-state index in [2.05, 4.69) is 10.3 Å². The van der Waals surface area contributed by atoms with Gasteiger partial charge in [0.15, 0.2) is 0 Å². The number of rotatable bonds is 7. The number of alkyl halides is 5. The molecule has 1 aliphatic rings. The van der Waals surface area contributed by atoms with E-state index in [-0.39, 0.29) is 16.4 Å². The second-order valence-electron chi connectivity index (χ2n) is 7.11. The van der Waals surface area contributed by atoms with Gasteiger partial charge in [0.1, 0.15) is 23.7 Å². The molecule has 0 bridgehead atoms. The van der Waals surface area contributed by atoms with Gasteiger partial charge in [-0.05, 0) is 37.1 Å². The van der Waals surface area contributed by atoms with E-state index in [0.29, 0.717) is 19.2 Å². The fourth-order valence-electron chi connectivity index (χ4n) is 3.19. The van der Waals surface area contributed by atoms with Crippen molar-refractivity contribution < 1.29 is 36.6 Å². The molecule has 0 aliphatic carbocycles. The van der Waals surface area contributed by atoms with Gasteiger partial charge < -0.3 is 15.2 Å². The van der Waals surface area contributed by atoms with E-state index in [4.69, 9.17) is 16.3 Å². The fourth-order valence-corrected chi connectivity index (χ4v) is 3.40. The lowest BCUT2D eigenvalue weighted by Crippen LogP contribution is -2.38. The summed E-state index contributed by atoms with van der Waals surface area (Å²) in [6, 6.07) is 5.06. The molecule has 1 amide bonds. The van der Waals surface area contributed by atoms with Crippen molar-refractivity contribution in [2.24, 2.45) is 0 Å². The van der Waals surface area contributed by atoms with Crippen molar-refractivity contribution in [2.75, 3.05) is 25.0 Å². The predicted molar refractivity (Wildman–Crippen MR) is 106 cm³/mol. The van der Waals surface area contributed by atoms with Gasteiger partial charge in [0, 0.05) is 31.0 Å². The molecule has 1 saturated heterocycles. The van der Waals surface area contributed by atoms with Gasteiger partial charge in [-0.1, -0.05) is 11.6 Å². The van der Waals surface area contributed by atoms with Crippen LogP contribution >= 0.6 is 11.6 Å². The molecule has 2 N–H and O–H groups in total. The summed E-state index contributed by atoms with van der Waals surface area (Å²) >= 11 is 5.85. The molecule has 0 radical (unpaired) electrons. The molecule has 1 fully saturated rings. The van der Waals surface area contributed by atoms with E-state index in [1.165, 1.54) is 18.3 Å². The number of hydrogen-bond acceptors (Lipinski definition) is 5. The van der Waals surface area contributed by atoms with Gasteiger partial charge in [-0.25, -0.2) is 4.98 Å². The zero-order chi connectivity index (χ0) is 23.5. The zero-order valence-corrected chi connectivity index (χ0v) is 17.3. The number of carbonyl (C=O) groups is 1. The number of carbonyl (C=O) groups excluding carboxylic acids is 1. The number of nitrogens with one attached hydrogen (secondary N) is 1. The van der Waals surface area contributed by atoms with Crippen molar-refractivity contribution >= 4 is 23.2 Å². The molecular weight excluding hydrogens is 461 g/mol. The maximum absolute atomic E-state index is 14.1. The van der Waals surface area contributed by atoms with Gasteiger partial charge in [0.05, 0.1) is 11.1 Å². The van der Waals surface area contributed by atoms with Crippen LogP contribution in [0.15, 0.2) is 36.5 Å². The maximum Gasteiger partial charge on any atom is 0.458 e. The number of benzene rings is 1. The topological polar surface area (TPSA) is 74.7 Å². The number of aliphatic hydroxyl groups is 1. The Kier molecular flexibility index (Phi) is 7.21. The third kappa shape index (κ3) is 5.28. The summed E-state index contributed by atoms with van der Waals surface area (Å²) in [7, 11) is 0. The summed E-state index contributed by atoms with van der Waals surface area (Å²) in [6.45, 7) is 0.572. The summed E-state index contributed by atoms with van der Waals surface area (Å²) in [6.07, 6.45) is -4.05. The van der Waals surface area contributed by atoms with E-state index >= 15 is 0 Å². The largest absolute Gasteiger partial charge is 0.489 e. The average Bonchev–Trinajstić information content (AvgIpc) is 3.26. The van der Waals surface area contributed by atoms with Gasteiger partial charge in [-0.3, -0.25) is 9.69 Å². The second kappa shape index (κ2) is 9.55. The molecule has 1 aromatic heterocycles. The lowest BCUT2D eigenvalue weighted by atomic mass is 10.1. The van der Waals surface area contributed by atoms with Crippen molar-refractivity contribution in [3.05, 3.63) is 52.8 Å². The normalized spacial score (nSPS) is 16.1. The summed E-state index contributed by atoms with van der Waals surface area (Å²) in [5, 5.41) is 12.4. The van der Waals surface area contributed by atoms with Gasteiger partial charge in [0.25, 0.3) is 5.91 Å². The smallest absolute Gasteiger partial charge is 0.458 e. The molecule has 2 heterocycles. The Bertz CT molecular complexity index is 968. The SMILES string of the molecule is O=C(Nc1ccc(C(F)(F)C(F)(F)F)c(OC[C@@H](O)N2CCCC2)c1)c1cccnc1Cl. The summed E-state index contributed by atoms with van der Waals surface area (Å²) in [5.74, 6) is -6.78. The van der Waals surface area contributed by atoms with E-state index < -0.39 is 42.2 Å². The van der Waals surface area contributed by atoms with Crippen LogP contribution in [0, 0.1) is 0 Å². The number of aliphatic hydroxyl groups excluding tert-OH is 1. The Labute approximate surface area is 184 Å². The van der Waals surface area contributed by atoms with Crippen LogP contribution in [0.1, 0.15) is 28.8 Å². The highest BCUT2D eigenvalue weighted by Crippen LogP contribution is 2.47. The summed E-state index contributed by atoms with van der Waals surface area (Å²) in [4.78, 5) is 17.7. The third-order valence-electron chi connectivity index (χ3n) is 4.89. The molecule has 32 heavy (non-hydrogen) atoms. The number of amides is 1. The van der Waals surface area contributed by atoms with Gasteiger partial charge in [-0.15, -0.1) is 0 Å². The average molecular weight is 480 g/mol. The Morgan fingerprint density at radius 2 is 1.91 bits per heavy atom. The third-order valence-corrected chi connectivity index (χ3v) is 5.19. The zero-order valence-electron chi connectivity index (χ0n) is 16.5. The number of likely N-dealkylation sites (tertiary alicyclic amines) is 1. The molecule has 2 aromatic rings. The summed E-state index contributed by atoms with van der Waals surface area (Å²) < 4.78 is 72.2. The number of pyridine rings is 1. The minimum Gasteiger partial charge on any atom is -0.489 e. The van der Waals surface area contributed by atoms with E-state index in [1.807, 2.05) is 0 Å².